The Morgan fingerprint density at radius 1 is 0.850 bits per heavy atom. The van der Waals surface area contributed by atoms with Gasteiger partial charge in [-0.1, -0.05) is 35.4 Å². The van der Waals surface area contributed by atoms with Crippen molar-refractivity contribution in [2.45, 2.75) is 13.8 Å². The molecule has 0 heterocycles. The summed E-state index contributed by atoms with van der Waals surface area (Å²) in [5.74, 6) is 6.14. The van der Waals surface area contributed by atoms with E-state index in [1.165, 1.54) is 0 Å². The van der Waals surface area contributed by atoms with Crippen LogP contribution in [0.25, 0.3) is 0 Å². The molecule has 3 N–H and O–H groups in total. The number of hydrogen-bond donors (Lipinski definition) is 2. The van der Waals surface area contributed by atoms with Crippen LogP contribution in [0.3, 0.4) is 0 Å². The van der Waals surface area contributed by atoms with Crippen LogP contribution < -0.4 is 20.1 Å². The van der Waals surface area contributed by atoms with Crippen molar-refractivity contribution in [2.24, 2.45) is 5.84 Å². The fraction of sp³-hybridized carbons (Fsp3) is 0.143. The van der Waals surface area contributed by atoms with E-state index in [-0.39, 0.29) is 0 Å². The molecule has 0 atom stereocenters. The van der Waals surface area contributed by atoms with Gasteiger partial charge in [0, 0.05) is 0 Å². The third-order valence-corrected chi connectivity index (χ3v) is 3.87. The molecular weight excluding hydrogens is 275 g/mol. The summed E-state index contributed by atoms with van der Waals surface area (Å²) in [7, 11) is -3.65. The number of nitrogens with two attached hydrogens (primary N) is 1. The number of aryl methyl sites for hydroxylation is 2. The molecule has 0 aliphatic heterocycles. The molecule has 0 bridgehead atoms. The molecule has 20 heavy (non-hydrogen) atoms. The highest BCUT2D eigenvalue weighted by molar-refractivity contribution is 7.52. The molecular formula is C14H17N2O3P. The summed E-state index contributed by atoms with van der Waals surface area (Å²) in [4.78, 5) is 0. The average molecular weight is 292 g/mol. The molecule has 0 aliphatic carbocycles. The average Bonchev–Trinajstić information content (AvgIpc) is 2.44. The zero-order valence-electron chi connectivity index (χ0n) is 11.4. The quantitative estimate of drug-likeness (QED) is 0.502. The molecule has 0 aliphatic rings. The summed E-state index contributed by atoms with van der Waals surface area (Å²) in [5.41, 5.74) is 2.15. The lowest BCUT2D eigenvalue weighted by Crippen LogP contribution is -2.24. The van der Waals surface area contributed by atoms with E-state index < -0.39 is 7.75 Å². The van der Waals surface area contributed by atoms with Crippen molar-refractivity contribution >= 4 is 7.75 Å². The Kier molecular flexibility index (Phi) is 4.45. The standard InChI is InChI=1S/C14H17N2O3P/c1-11-3-7-13(8-4-11)18-20(17,16-15)19-14-9-5-12(2)6-10-14/h3-10H,15H2,1-2H3,(H,16,17). The van der Waals surface area contributed by atoms with Crippen molar-refractivity contribution in [1.82, 2.24) is 5.20 Å². The first-order chi connectivity index (χ1) is 9.50. The van der Waals surface area contributed by atoms with E-state index in [9.17, 15) is 4.57 Å². The van der Waals surface area contributed by atoms with Gasteiger partial charge in [-0.2, -0.15) is 0 Å². The summed E-state index contributed by atoms with van der Waals surface area (Å²) in [6.45, 7) is 3.90. The minimum atomic E-state index is -3.65. The van der Waals surface area contributed by atoms with Crippen LogP contribution in [0, 0.1) is 13.8 Å². The maximum Gasteiger partial charge on any atom is 0.526 e. The Bertz CT molecular complexity index is 560. The smallest absolute Gasteiger partial charge is 0.404 e. The first-order valence-electron chi connectivity index (χ1n) is 6.11. The molecule has 0 fully saturated rings. The molecule has 0 saturated carbocycles. The van der Waals surface area contributed by atoms with E-state index in [4.69, 9.17) is 14.9 Å². The molecule has 2 rings (SSSR count). The van der Waals surface area contributed by atoms with Crippen molar-refractivity contribution in [3.05, 3.63) is 59.7 Å². The van der Waals surface area contributed by atoms with Gasteiger partial charge >= 0.3 is 7.75 Å². The Morgan fingerprint density at radius 3 is 1.50 bits per heavy atom. The van der Waals surface area contributed by atoms with Gasteiger partial charge in [-0.25, -0.2) is 4.57 Å². The number of hydrogen-bond acceptors (Lipinski definition) is 4. The third-order valence-electron chi connectivity index (χ3n) is 2.65. The highest BCUT2D eigenvalue weighted by Gasteiger charge is 2.26. The van der Waals surface area contributed by atoms with E-state index >= 15 is 0 Å². The molecule has 6 heteroatoms. The first-order valence-corrected chi connectivity index (χ1v) is 7.65. The van der Waals surface area contributed by atoms with Crippen molar-refractivity contribution in [1.29, 1.82) is 0 Å². The van der Waals surface area contributed by atoms with Gasteiger partial charge in [0.25, 0.3) is 0 Å². The molecule has 106 valence electrons. The molecule has 5 nitrogen and oxygen atoms in total. The third kappa shape index (κ3) is 3.84. The minimum absolute atomic E-state index is 0.420. The number of hydrazine groups is 1. The molecule has 0 saturated heterocycles. The van der Waals surface area contributed by atoms with Gasteiger partial charge in [0.05, 0.1) is 0 Å². The zero-order valence-corrected chi connectivity index (χ0v) is 12.3. The lowest BCUT2D eigenvalue weighted by Gasteiger charge is -2.18. The van der Waals surface area contributed by atoms with E-state index in [1.807, 2.05) is 38.1 Å². The van der Waals surface area contributed by atoms with Gasteiger partial charge in [-0.3, -0.25) is 5.84 Å². The highest BCUT2D eigenvalue weighted by Crippen LogP contribution is 2.43. The summed E-state index contributed by atoms with van der Waals surface area (Å²) in [6, 6.07) is 14.2. The Morgan fingerprint density at radius 2 is 1.20 bits per heavy atom. The predicted molar refractivity (Wildman–Crippen MR) is 78.5 cm³/mol. The highest BCUT2D eigenvalue weighted by atomic mass is 31.2. The van der Waals surface area contributed by atoms with Crippen LogP contribution in [-0.2, 0) is 4.57 Å². The monoisotopic (exact) mass is 292 g/mol. The Labute approximate surface area is 118 Å². The van der Waals surface area contributed by atoms with Gasteiger partial charge in [0.1, 0.15) is 11.5 Å². The lowest BCUT2D eigenvalue weighted by atomic mass is 10.2. The van der Waals surface area contributed by atoms with Crippen LogP contribution in [0.2, 0.25) is 0 Å². The van der Waals surface area contributed by atoms with Gasteiger partial charge in [-0.15, -0.1) is 5.20 Å². The second-order valence-electron chi connectivity index (χ2n) is 4.44. The molecule has 2 aromatic carbocycles. The lowest BCUT2D eigenvalue weighted by molar-refractivity contribution is 0.372. The molecule has 0 aromatic heterocycles. The van der Waals surface area contributed by atoms with Crippen LogP contribution in [0.1, 0.15) is 11.1 Å². The number of benzene rings is 2. The van der Waals surface area contributed by atoms with Crippen molar-refractivity contribution < 1.29 is 13.6 Å². The summed E-state index contributed by atoms with van der Waals surface area (Å²) < 4.78 is 23.1. The normalized spacial score (nSPS) is 11.2. The van der Waals surface area contributed by atoms with Crippen molar-refractivity contribution in [2.75, 3.05) is 0 Å². The predicted octanol–water partition coefficient (Wildman–Crippen LogP) is 3.33. The van der Waals surface area contributed by atoms with Gasteiger partial charge < -0.3 is 9.05 Å². The minimum Gasteiger partial charge on any atom is -0.404 e. The van der Waals surface area contributed by atoms with Crippen LogP contribution in [0.15, 0.2) is 48.5 Å². The SMILES string of the molecule is Cc1ccc(OP(=O)(NN)Oc2ccc(C)cc2)cc1. The zero-order chi connectivity index (χ0) is 14.6. The van der Waals surface area contributed by atoms with Crippen molar-refractivity contribution in [3.8, 4) is 11.5 Å². The maximum atomic E-state index is 12.4. The van der Waals surface area contributed by atoms with Crippen LogP contribution in [-0.4, -0.2) is 0 Å². The molecule has 0 spiro atoms. The summed E-state index contributed by atoms with van der Waals surface area (Å²) >= 11 is 0. The van der Waals surface area contributed by atoms with E-state index in [0.717, 1.165) is 11.1 Å². The van der Waals surface area contributed by atoms with E-state index in [1.54, 1.807) is 24.3 Å². The van der Waals surface area contributed by atoms with Crippen molar-refractivity contribution in [3.63, 3.8) is 0 Å². The van der Waals surface area contributed by atoms with E-state index in [2.05, 4.69) is 5.20 Å². The molecule has 0 unspecified atom stereocenters. The fourth-order valence-electron chi connectivity index (χ4n) is 1.55. The van der Waals surface area contributed by atoms with Gasteiger partial charge in [-0.05, 0) is 38.1 Å². The maximum absolute atomic E-state index is 12.4. The topological polar surface area (TPSA) is 73.6 Å². The first kappa shape index (κ1) is 14.6. The largest absolute Gasteiger partial charge is 0.526 e. The Balaban J connectivity index is 2.14. The van der Waals surface area contributed by atoms with Gasteiger partial charge in [0.2, 0.25) is 0 Å². The molecule has 0 amide bonds. The summed E-state index contributed by atoms with van der Waals surface area (Å²) in [6.07, 6.45) is 0. The number of nitrogens with one attached hydrogen (secondary N) is 1. The molecule has 0 radical (unpaired) electrons. The number of rotatable bonds is 5. The van der Waals surface area contributed by atoms with Gasteiger partial charge in [0.15, 0.2) is 0 Å². The summed E-state index contributed by atoms with van der Waals surface area (Å²) in [5, 5.41) is 2.12. The van der Waals surface area contributed by atoms with Crippen LogP contribution in [0.5, 0.6) is 11.5 Å². The Hall–Kier alpha value is -1.81. The fourth-order valence-corrected chi connectivity index (χ4v) is 2.49. The van der Waals surface area contributed by atoms with E-state index in [0.29, 0.717) is 11.5 Å². The van der Waals surface area contributed by atoms with Crippen LogP contribution >= 0.6 is 7.75 Å². The van der Waals surface area contributed by atoms with Crippen LogP contribution in [0.4, 0.5) is 0 Å². The second kappa shape index (κ2) is 6.09. The second-order valence-corrected chi connectivity index (χ2v) is 6.05. The molecule has 2 aromatic rings.